The maximum absolute atomic E-state index is 12.1. The molecule has 0 aliphatic carbocycles. The molecule has 1 rings (SSSR count). The molecule has 0 spiro atoms. The second-order valence-corrected chi connectivity index (χ2v) is 6.07. The minimum absolute atomic E-state index is 0.173. The number of ether oxygens (including phenoxy) is 1. The SMILES string of the molecule is CCCCC1CN(C(=O)OC(C)(C)C)CCCN1. The lowest BCUT2D eigenvalue weighted by Crippen LogP contribution is -2.42. The van der Waals surface area contributed by atoms with E-state index in [1.54, 1.807) is 0 Å². The van der Waals surface area contributed by atoms with Gasteiger partial charge >= 0.3 is 6.09 Å². The summed E-state index contributed by atoms with van der Waals surface area (Å²) in [6, 6.07) is 0.417. The number of nitrogens with zero attached hydrogens (tertiary/aromatic N) is 1. The van der Waals surface area contributed by atoms with Gasteiger partial charge in [-0.25, -0.2) is 4.79 Å². The van der Waals surface area contributed by atoms with Crippen LogP contribution < -0.4 is 5.32 Å². The quantitative estimate of drug-likeness (QED) is 0.844. The molecule has 0 aromatic rings. The third kappa shape index (κ3) is 5.71. The van der Waals surface area contributed by atoms with Gasteiger partial charge in [0.2, 0.25) is 0 Å². The van der Waals surface area contributed by atoms with Gasteiger partial charge in [0.25, 0.3) is 0 Å². The summed E-state index contributed by atoms with van der Waals surface area (Å²) in [6.45, 7) is 10.5. The fourth-order valence-electron chi connectivity index (χ4n) is 2.13. The van der Waals surface area contributed by atoms with Gasteiger partial charge in [-0.1, -0.05) is 19.8 Å². The Morgan fingerprint density at radius 1 is 1.44 bits per heavy atom. The molecular formula is C14H28N2O2. The van der Waals surface area contributed by atoms with Crippen LogP contribution in [0.1, 0.15) is 53.4 Å². The van der Waals surface area contributed by atoms with Gasteiger partial charge in [-0.3, -0.25) is 0 Å². The predicted octanol–water partition coefficient (Wildman–Crippen LogP) is 2.78. The molecule has 1 aliphatic heterocycles. The highest BCUT2D eigenvalue weighted by molar-refractivity contribution is 5.68. The van der Waals surface area contributed by atoms with Crippen molar-refractivity contribution in [3.8, 4) is 0 Å². The van der Waals surface area contributed by atoms with Gasteiger partial charge in [0.1, 0.15) is 5.60 Å². The number of carbonyl (C=O) groups is 1. The van der Waals surface area contributed by atoms with Crippen molar-refractivity contribution in [2.24, 2.45) is 0 Å². The Kier molecular flexibility index (Phi) is 5.93. The standard InChI is InChI=1S/C14H28N2O2/c1-5-6-8-12-11-16(10-7-9-15-12)13(17)18-14(2,3)4/h12,15H,5-11H2,1-4H3. The molecule has 1 N–H and O–H groups in total. The highest BCUT2D eigenvalue weighted by atomic mass is 16.6. The van der Waals surface area contributed by atoms with E-state index in [9.17, 15) is 4.79 Å². The molecule has 0 aromatic carbocycles. The lowest BCUT2D eigenvalue weighted by atomic mass is 10.1. The molecule has 106 valence electrons. The monoisotopic (exact) mass is 256 g/mol. The number of hydrogen-bond donors (Lipinski definition) is 1. The number of nitrogens with one attached hydrogen (secondary N) is 1. The van der Waals surface area contributed by atoms with Crippen LogP contribution in [0.15, 0.2) is 0 Å². The van der Waals surface area contributed by atoms with Crippen molar-refractivity contribution in [1.29, 1.82) is 0 Å². The van der Waals surface area contributed by atoms with Crippen molar-refractivity contribution in [1.82, 2.24) is 10.2 Å². The zero-order chi connectivity index (χ0) is 13.6. The first-order valence-corrected chi connectivity index (χ1v) is 7.13. The average Bonchev–Trinajstić information content (AvgIpc) is 2.49. The van der Waals surface area contributed by atoms with Crippen LogP contribution in [0.5, 0.6) is 0 Å². The molecule has 4 heteroatoms. The number of hydrogen-bond acceptors (Lipinski definition) is 3. The molecule has 1 fully saturated rings. The highest BCUT2D eigenvalue weighted by Gasteiger charge is 2.25. The Morgan fingerprint density at radius 2 is 2.17 bits per heavy atom. The normalized spacial score (nSPS) is 21.6. The van der Waals surface area contributed by atoms with Crippen LogP contribution in [0.2, 0.25) is 0 Å². The van der Waals surface area contributed by atoms with Crippen molar-refractivity contribution < 1.29 is 9.53 Å². The molecule has 0 bridgehead atoms. The summed E-state index contributed by atoms with van der Waals surface area (Å²) in [6.07, 6.45) is 4.37. The first-order chi connectivity index (χ1) is 8.42. The molecule has 4 nitrogen and oxygen atoms in total. The van der Waals surface area contributed by atoms with E-state index in [1.165, 1.54) is 12.8 Å². The molecule has 0 radical (unpaired) electrons. The van der Waals surface area contributed by atoms with Crippen LogP contribution in [0, 0.1) is 0 Å². The maximum atomic E-state index is 12.1. The Labute approximate surface area is 111 Å². The smallest absolute Gasteiger partial charge is 0.410 e. The molecule has 1 aliphatic rings. The average molecular weight is 256 g/mol. The van der Waals surface area contributed by atoms with E-state index in [0.717, 1.165) is 32.5 Å². The van der Waals surface area contributed by atoms with Crippen molar-refractivity contribution in [2.75, 3.05) is 19.6 Å². The lowest BCUT2D eigenvalue weighted by Gasteiger charge is -2.28. The minimum Gasteiger partial charge on any atom is -0.444 e. The minimum atomic E-state index is -0.407. The zero-order valence-electron chi connectivity index (χ0n) is 12.3. The number of carbonyl (C=O) groups excluding carboxylic acids is 1. The Bertz CT molecular complexity index is 261. The van der Waals surface area contributed by atoms with Crippen molar-refractivity contribution in [2.45, 2.75) is 65.0 Å². The first kappa shape index (κ1) is 15.3. The van der Waals surface area contributed by atoms with Gasteiger partial charge in [0.05, 0.1) is 0 Å². The third-order valence-corrected chi connectivity index (χ3v) is 3.04. The summed E-state index contributed by atoms with van der Waals surface area (Å²) < 4.78 is 5.44. The molecule has 18 heavy (non-hydrogen) atoms. The molecule has 1 unspecified atom stereocenters. The third-order valence-electron chi connectivity index (χ3n) is 3.04. The maximum Gasteiger partial charge on any atom is 0.410 e. The number of unbranched alkanes of at least 4 members (excludes halogenated alkanes) is 1. The van der Waals surface area contributed by atoms with Crippen LogP contribution in [0.4, 0.5) is 4.79 Å². The van der Waals surface area contributed by atoms with Crippen LogP contribution >= 0.6 is 0 Å². The van der Waals surface area contributed by atoms with Gasteiger partial charge in [-0.2, -0.15) is 0 Å². The Hall–Kier alpha value is -0.770. The van der Waals surface area contributed by atoms with Gasteiger partial charge in [-0.15, -0.1) is 0 Å². The van der Waals surface area contributed by atoms with Crippen molar-refractivity contribution in [3.63, 3.8) is 0 Å². The highest BCUT2D eigenvalue weighted by Crippen LogP contribution is 2.13. The molecule has 1 heterocycles. The van der Waals surface area contributed by atoms with E-state index < -0.39 is 5.60 Å². The molecule has 1 amide bonds. The van der Waals surface area contributed by atoms with E-state index in [2.05, 4.69) is 12.2 Å². The summed E-state index contributed by atoms with van der Waals surface area (Å²) in [7, 11) is 0. The zero-order valence-corrected chi connectivity index (χ0v) is 12.3. The summed E-state index contributed by atoms with van der Waals surface area (Å²) >= 11 is 0. The topological polar surface area (TPSA) is 41.6 Å². The first-order valence-electron chi connectivity index (χ1n) is 7.13. The van der Waals surface area contributed by atoms with Gasteiger partial charge in [-0.05, 0) is 40.2 Å². The Morgan fingerprint density at radius 3 is 2.78 bits per heavy atom. The van der Waals surface area contributed by atoms with Crippen LogP contribution in [-0.4, -0.2) is 42.3 Å². The molecular weight excluding hydrogens is 228 g/mol. The predicted molar refractivity (Wildman–Crippen MR) is 73.7 cm³/mol. The largest absolute Gasteiger partial charge is 0.444 e. The summed E-state index contributed by atoms with van der Waals surface area (Å²) in [5, 5.41) is 3.51. The van der Waals surface area contributed by atoms with E-state index >= 15 is 0 Å². The van der Waals surface area contributed by atoms with E-state index in [0.29, 0.717) is 6.04 Å². The summed E-state index contributed by atoms with van der Waals surface area (Å²) in [5.41, 5.74) is -0.407. The number of amides is 1. The fourth-order valence-corrected chi connectivity index (χ4v) is 2.13. The van der Waals surface area contributed by atoms with Crippen LogP contribution in [0.25, 0.3) is 0 Å². The van der Waals surface area contributed by atoms with Crippen molar-refractivity contribution >= 4 is 6.09 Å². The lowest BCUT2D eigenvalue weighted by molar-refractivity contribution is 0.0246. The number of rotatable bonds is 3. The van der Waals surface area contributed by atoms with Gasteiger partial charge < -0.3 is 15.0 Å². The molecule has 0 aromatic heterocycles. The Balaban J connectivity index is 2.50. The van der Waals surface area contributed by atoms with Gasteiger partial charge in [0, 0.05) is 19.1 Å². The van der Waals surface area contributed by atoms with Gasteiger partial charge in [0.15, 0.2) is 0 Å². The molecule has 1 saturated heterocycles. The second-order valence-electron chi connectivity index (χ2n) is 6.07. The molecule has 1 atom stereocenters. The summed E-state index contributed by atoms with van der Waals surface area (Å²) in [4.78, 5) is 13.9. The van der Waals surface area contributed by atoms with E-state index in [1.807, 2.05) is 25.7 Å². The molecule has 0 saturated carbocycles. The van der Waals surface area contributed by atoms with Crippen LogP contribution in [-0.2, 0) is 4.74 Å². The second kappa shape index (κ2) is 6.98. The van der Waals surface area contributed by atoms with Crippen LogP contribution in [0.3, 0.4) is 0 Å². The fraction of sp³-hybridized carbons (Fsp3) is 0.929. The summed E-state index contributed by atoms with van der Waals surface area (Å²) in [5.74, 6) is 0. The van der Waals surface area contributed by atoms with E-state index in [-0.39, 0.29) is 6.09 Å². The van der Waals surface area contributed by atoms with Crippen molar-refractivity contribution in [3.05, 3.63) is 0 Å². The van der Waals surface area contributed by atoms with E-state index in [4.69, 9.17) is 4.74 Å².